The molecule has 1 unspecified atom stereocenters. The van der Waals surface area contributed by atoms with E-state index in [1.165, 1.54) is 72.8 Å². The Morgan fingerprint density at radius 2 is 1.33 bits per heavy atom. The van der Waals surface area contributed by atoms with E-state index in [1.807, 2.05) is 6.07 Å². The Kier molecular flexibility index (Phi) is 16.9. The number of anilines is 4. The summed E-state index contributed by atoms with van der Waals surface area (Å²) in [6, 6.07) is 26.7. The molecule has 16 heteroatoms. The van der Waals surface area contributed by atoms with Crippen LogP contribution < -0.4 is 36.1 Å². The average molecular weight is 925 g/mol. The lowest BCUT2D eigenvalue weighted by Gasteiger charge is -2.24. The molecule has 0 bridgehead atoms. The standard InChI is InChI=1S/C51H49ClN6O9/c1-8-10-42(58-47(61)35-19-25-40(39(52)28-35)56-45(59)32-13-11-31(29-53)12-14-32)49(63)55-37-20-15-33(16-21-37)46(60)57-41-26-24-38(43(65-27-9-2)44(41)66-30(3)4)48(62)54-36-22-17-34(18-23-36)50(64)67-51(5,6)7/h1,9,11-26,28,30,42,49,55,63H,2,10,27H2,3-7H3,(H,54,62)(H,56,59)(H,57,60)(H,58,61)/t42-,49?/m0/s1. The van der Waals surface area contributed by atoms with Crippen molar-refractivity contribution in [2.75, 3.05) is 27.9 Å². The maximum absolute atomic E-state index is 13.7. The molecule has 0 aromatic heterocycles. The SMILES string of the molecule is C#CC[C@H](NC(=O)c1ccc(NC(=O)c2ccc(C#N)cc2)c(Cl)c1)C(O)Nc1ccc(C(=O)Nc2ccc(C(=O)Nc3ccc(C(=O)OC(C)(C)C)cc3)c(OCC=C)c2OC(C)C)cc1. The number of carbonyl (C=O) groups excluding carboxylic acids is 5. The monoisotopic (exact) mass is 924 g/mol. The highest BCUT2D eigenvalue weighted by Crippen LogP contribution is 2.40. The van der Waals surface area contributed by atoms with Gasteiger partial charge in [-0.15, -0.1) is 12.3 Å². The first-order chi connectivity index (χ1) is 31.9. The minimum absolute atomic E-state index is 0.00809. The molecule has 0 saturated carbocycles. The zero-order valence-electron chi connectivity index (χ0n) is 37.4. The summed E-state index contributed by atoms with van der Waals surface area (Å²) >= 11 is 6.42. The summed E-state index contributed by atoms with van der Waals surface area (Å²) < 4.78 is 17.5. The molecule has 5 aromatic carbocycles. The molecule has 2 atom stereocenters. The van der Waals surface area contributed by atoms with Gasteiger partial charge in [-0.05, 0) is 138 Å². The molecule has 0 radical (unpaired) electrons. The fraction of sp³-hybridized carbons (Fsp3) is 0.216. The summed E-state index contributed by atoms with van der Waals surface area (Å²) in [5.41, 5.74) is 2.06. The number of hydrogen-bond donors (Lipinski definition) is 6. The number of benzene rings is 5. The topological polar surface area (TPSA) is 217 Å². The third-order valence-electron chi connectivity index (χ3n) is 9.33. The normalized spacial score (nSPS) is 11.7. The van der Waals surface area contributed by atoms with E-state index in [9.17, 15) is 29.1 Å². The summed E-state index contributed by atoms with van der Waals surface area (Å²) in [6.07, 6.45) is 5.24. The predicted molar refractivity (Wildman–Crippen MR) is 257 cm³/mol. The summed E-state index contributed by atoms with van der Waals surface area (Å²) in [5, 5.41) is 34.1. The lowest BCUT2D eigenvalue weighted by molar-refractivity contribution is 0.00690. The van der Waals surface area contributed by atoms with Crippen LogP contribution in [-0.2, 0) is 4.74 Å². The molecule has 6 N–H and O–H groups in total. The van der Waals surface area contributed by atoms with Gasteiger partial charge in [0, 0.05) is 34.5 Å². The largest absolute Gasteiger partial charge is 0.485 e. The number of halogens is 1. The number of nitrogens with zero attached hydrogens (tertiary/aromatic N) is 1. The maximum Gasteiger partial charge on any atom is 0.338 e. The molecular weight excluding hydrogens is 876 g/mol. The number of terminal acetylenes is 1. The molecule has 0 fully saturated rings. The van der Waals surface area contributed by atoms with E-state index >= 15 is 0 Å². The summed E-state index contributed by atoms with van der Waals surface area (Å²) in [4.78, 5) is 65.8. The van der Waals surface area contributed by atoms with Gasteiger partial charge in [0.05, 0.1) is 51.3 Å². The molecule has 0 aliphatic carbocycles. The second-order valence-corrected chi connectivity index (χ2v) is 16.5. The molecule has 67 heavy (non-hydrogen) atoms. The number of amides is 4. The average Bonchev–Trinajstić information content (AvgIpc) is 3.29. The third kappa shape index (κ3) is 13.9. The highest BCUT2D eigenvalue weighted by Gasteiger charge is 2.26. The first-order valence-corrected chi connectivity index (χ1v) is 21.2. The quantitative estimate of drug-likeness (QED) is 0.0211. The molecule has 5 rings (SSSR count). The van der Waals surface area contributed by atoms with Crippen molar-refractivity contribution >= 4 is 63.9 Å². The van der Waals surface area contributed by atoms with Crippen molar-refractivity contribution in [3.8, 4) is 29.9 Å². The summed E-state index contributed by atoms with van der Waals surface area (Å²) in [5.74, 6) is -0.0420. The highest BCUT2D eigenvalue weighted by molar-refractivity contribution is 6.34. The minimum atomic E-state index is -1.38. The van der Waals surface area contributed by atoms with E-state index in [0.29, 0.717) is 28.1 Å². The van der Waals surface area contributed by atoms with E-state index < -0.39 is 53.6 Å². The van der Waals surface area contributed by atoms with Crippen LogP contribution in [-0.4, -0.2) is 65.3 Å². The van der Waals surface area contributed by atoms with Gasteiger partial charge in [-0.25, -0.2) is 4.79 Å². The predicted octanol–water partition coefficient (Wildman–Crippen LogP) is 8.83. The van der Waals surface area contributed by atoms with Gasteiger partial charge in [-0.1, -0.05) is 24.3 Å². The number of nitrogens with one attached hydrogen (secondary N) is 5. The number of ether oxygens (including phenoxy) is 3. The minimum Gasteiger partial charge on any atom is -0.485 e. The second kappa shape index (κ2) is 22.7. The Balaban J connectivity index is 1.25. The Hall–Kier alpha value is -8.11. The van der Waals surface area contributed by atoms with Gasteiger partial charge in [0.25, 0.3) is 23.6 Å². The summed E-state index contributed by atoms with van der Waals surface area (Å²) in [6.45, 7) is 12.6. The van der Waals surface area contributed by atoms with Gasteiger partial charge in [-0.3, -0.25) is 19.2 Å². The van der Waals surface area contributed by atoms with Crippen molar-refractivity contribution in [2.45, 2.75) is 65.0 Å². The Bertz CT molecular complexity index is 2720. The van der Waals surface area contributed by atoms with Crippen LogP contribution in [0.3, 0.4) is 0 Å². The number of nitriles is 1. The maximum atomic E-state index is 13.7. The van der Waals surface area contributed by atoms with Gasteiger partial charge in [0.15, 0.2) is 11.5 Å². The van der Waals surface area contributed by atoms with Crippen LogP contribution in [0.5, 0.6) is 11.5 Å². The third-order valence-corrected chi connectivity index (χ3v) is 9.65. The lowest BCUT2D eigenvalue weighted by atomic mass is 10.1. The summed E-state index contributed by atoms with van der Waals surface area (Å²) in [7, 11) is 0. The van der Waals surface area contributed by atoms with Crippen LogP contribution in [0.25, 0.3) is 0 Å². The smallest absolute Gasteiger partial charge is 0.338 e. The molecule has 0 heterocycles. The zero-order chi connectivity index (χ0) is 48.8. The van der Waals surface area contributed by atoms with Crippen molar-refractivity contribution in [1.29, 1.82) is 5.26 Å². The molecular formula is C51H49ClN6O9. The number of hydrogen-bond acceptors (Lipinski definition) is 11. The Morgan fingerprint density at radius 3 is 1.90 bits per heavy atom. The first kappa shape index (κ1) is 49.9. The molecule has 0 saturated heterocycles. The molecule has 4 amide bonds. The highest BCUT2D eigenvalue weighted by atomic mass is 35.5. The van der Waals surface area contributed by atoms with Gasteiger partial charge in [0.2, 0.25) is 0 Å². The van der Waals surface area contributed by atoms with E-state index in [2.05, 4.69) is 39.1 Å². The second-order valence-electron chi connectivity index (χ2n) is 16.1. The van der Waals surface area contributed by atoms with E-state index in [0.717, 1.165) is 0 Å². The van der Waals surface area contributed by atoms with Crippen LogP contribution in [0.2, 0.25) is 5.02 Å². The van der Waals surface area contributed by atoms with Crippen molar-refractivity contribution in [2.24, 2.45) is 0 Å². The van der Waals surface area contributed by atoms with Crippen LogP contribution in [0.1, 0.15) is 98.4 Å². The fourth-order valence-corrected chi connectivity index (χ4v) is 6.38. The van der Waals surface area contributed by atoms with Gasteiger partial charge in [0.1, 0.15) is 18.4 Å². The molecule has 0 aliphatic heterocycles. The van der Waals surface area contributed by atoms with Gasteiger partial charge < -0.3 is 45.9 Å². The van der Waals surface area contributed by atoms with Crippen LogP contribution in [0, 0.1) is 23.7 Å². The molecule has 15 nitrogen and oxygen atoms in total. The fourth-order valence-electron chi connectivity index (χ4n) is 6.16. The number of carbonyl (C=O) groups is 5. The number of aliphatic hydroxyl groups is 1. The molecule has 0 spiro atoms. The van der Waals surface area contributed by atoms with Gasteiger partial charge >= 0.3 is 5.97 Å². The first-order valence-electron chi connectivity index (χ1n) is 20.8. The van der Waals surface area contributed by atoms with Crippen molar-refractivity contribution in [3.63, 3.8) is 0 Å². The van der Waals surface area contributed by atoms with Gasteiger partial charge in [-0.2, -0.15) is 5.26 Å². The lowest BCUT2D eigenvalue weighted by Crippen LogP contribution is -2.46. The zero-order valence-corrected chi connectivity index (χ0v) is 38.1. The van der Waals surface area contributed by atoms with E-state index in [-0.39, 0.29) is 57.6 Å². The van der Waals surface area contributed by atoms with E-state index in [4.69, 9.17) is 37.5 Å². The van der Waals surface area contributed by atoms with Crippen molar-refractivity contribution in [3.05, 3.63) is 154 Å². The molecule has 5 aromatic rings. The van der Waals surface area contributed by atoms with Crippen LogP contribution in [0.4, 0.5) is 22.7 Å². The number of aliphatic hydroxyl groups excluding tert-OH is 1. The Morgan fingerprint density at radius 1 is 0.761 bits per heavy atom. The van der Waals surface area contributed by atoms with Crippen LogP contribution in [0.15, 0.2) is 116 Å². The van der Waals surface area contributed by atoms with Crippen LogP contribution >= 0.6 is 11.6 Å². The number of rotatable bonds is 18. The van der Waals surface area contributed by atoms with Crippen molar-refractivity contribution in [1.82, 2.24) is 5.32 Å². The Labute approximate surface area is 393 Å². The molecule has 0 aliphatic rings. The number of esters is 1. The van der Waals surface area contributed by atoms with E-state index in [1.54, 1.807) is 71.0 Å². The van der Waals surface area contributed by atoms with Crippen molar-refractivity contribution < 1.29 is 43.3 Å². The molecule has 344 valence electrons.